The molecule has 5 heteroatoms. The first-order chi connectivity index (χ1) is 9.86. The molecule has 0 N–H and O–H groups in total. The van der Waals surface area contributed by atoms with Gasteiger partial charge in [0.15, 0.2) is 10.8 Å². The van der Waals surface area contributed by atoms with E-state index in [1.165, 1.54) is 31.4 Å². The van der Waals surface area contributed by atoms with Crippen molar-refractivity contribution in [3.63, 3.8) is 0 Å². The fraction of sp³-hybridized carbons (Fsp3) is 0.400. The molecular formula is C15H16N4S. The van der Waals surface area contributed by atoms with E-state index in [9.17, 15) is 0 Å². The Labute approximate surface area is 121 Å². The Balaban J connectivity index is 2.02. The van der Waals surface area contributed by atoms with E-state index in [1.807, 2.05) is 18.6 Å². The molecule has 1 aliphatic rings. The van der Waals surface area contributed by atoms with Crippen molar-refractivity contribution in [2.24, 2.45) is 0 Å². The van der Waals surface area contributed by atoms with Crippen molar-refractivity contribution in [2.75, 3.05) is 6.26 Å². The molecule has 0 aliphatic heterocycles. The second-order valence-electron chi connectivity index (χ2n) is 5.33. The van der Waals surface area contributed by atoms with Crippen LogP contribution in [0, 0.1) is 0 Å². The van der Waals surface area contributed by atoms with Gasteiger partial charge < -0.3 is 0 Å². The van der Waals surface area contributed by atoms with Crippen molar-refractivity contribution in [3.05, 3.63) is 30.2 Å². The van der Waals surface area contributed by atoms with Gasteiger partial charge in [0.1, 0.15) is 5.65 Å². The highest BCUT2D eigenvalue weighted by molar-refractivity contribution is 7.98. The molecule has 0 unspecified atom stereocenters. The predicted molar refractivity (Wildman–Crippen MR) is 81.3 cm³/mol. The van der Waals surface area contributed by atoms with Crippen LogP contribution >= 0.6 is 11.8 Å². The molecule has 1 saturated carbocycles. The number of imidazole rings is 1. The zero-order valence-corrected chi connectivity index (χ0v) is 12.2. The highest BCUT2D eigenvalue weighted by atomic mass is 32.2. The first kappa shape index (κ1) is 12.1. The quantitative estimate of drug-likeness (QED) is 0.532. The normalized spacial score (nSPS) is 16.4. The van der Waals surface area contributed by atoms with Crippen molar-refractivity contribution in [1.29, 1.82) is 0 Å². The molecule has 4 rings (SSSR count). The van der Waals surface area contributed by atoms with E-state index in [0.717, 1.165) is 21.8 Å². The van der Waals surface area contributed by atoms with Crippen LogP contribution in [-0.2, 0) is 0 Å². The van der Waals surface area contributed by atoms with Crippen LogP contribution in [0.25, 0.3) is 16.7 Å². The average molecular weight is 284 g/mol. The number of fused-ring (bicyclic) bond motifs is 3. The second-order valence-corrected chi connectivity index (χ2v) is 6.10. The summed E-state index contributed by atoms with van der Waals surface area (Å²) in [5.41, 5.74) is 3.29. The molecule has 3 heterocycles. The lowest BCUT2D eigenvalue weighted by atomic mass is 10.1. The van der Waals surface area contributed by atoms with Gasteiger partial charge in [-0.3, -0.25) is 4.40 Å². The van der Waals surface area contributed by atoms with Gasteiger partial charge in [0.05, 0.1) is 0 Å². The summed E-state index contributed by atoms with van der Waals surface area (Å²) in [7, 11) is 0. The topological polar surface area (TPSA) is 43.1 Å². The monoisotopic (exact) mass is 284 g/mol. The number of thioether (sulfide) groups is 1. The molecule has 1 aliphatic carbocycles. The molecule has 0 radical (unpaired) electrons. The molecule has 0 saturated heterocycles. The third-order valence-corrected chi connectivity index (χ3v) is 4.73. The summed E-state index contributed by atoms with van der Waals surface area (Å²) in [6, 6.07) is 4.11. The Kier molecular flexibility index (Phi) is 2.88. The van der Waals surface area contributed by atoms with Gasteiger partial charge in [0, 0.05) is 29.4 Å². The SMILES string of the molecule is CSc1ncc2ccc3ncc(C4CCCC4)n3c2n1. The highest BCUT2D eigenvalue weighted by Crippen LogP contribution is 2.35. The number of hydrogen-bond acceptors (Lipinski definition) is 4. The maximum Gasteiger partial charge on any atom is 0.189 e. The van der Waals surface area contributed by atoms with Gasteiger partial charge in [0.2, 0.25) is 0 Å². The van der Waals surface area contributed by atoms with Crippen LogP contribution < -0.4 is 0 Å². The van der Waals surface area contributed by atoms with Crippen molar-refractivity contribution >= 4 is 28.4 Å². The fourth-order valence-electron chi connectivity index (χ4n) is 3.16. The summed E-state index contributed by atoms with van der Waals surface area (Å²) in [4.78, 5) is 13.6. The maximum absolute atomic E-state index is 4.70. The number of rotatable bonds is 2. The Hall–Kier alpha value is -1.62. The van der Waals surface area contributed by atoms with Crippen LogP contribution in [0.4, 0.5) is 0 Å². The molecule has 0 bridgehead atoms. The molecule has 0 atom stereocenters. The molecule has 3 aromatic rings. The largest absolute Gasteiger partial charge is 0.280 e. The van der Waals surface area contributed by atoms with E-state index in [0.29, 0.717) is 5.92 Å². The van der Waals surface area contributed by atoms with Crippen LogP contribution in [0.3, 0.4) is 0 Å². The first-order valence-electron chi connectivity index (χ1n) is 7.04. The molecule has 3 aromatic heterocycles. The van der Waals surface area contributed by atoms with Crippen molar-refractivity contribution in [3.8, 4) is 0 Å². The van der Waals surface area contributed by atoms with E-state index < -0.39 is 0 Å². The van der Waals surface area contributed by atoms with Crippen molar-refractivity contribution < 1.29 is 0 Å². The van der Waals surface area contributed by atoms with E-state index in [1.54, 1.807) is 11.8 Å². The first-order valence-corrected chi connectivity index (χ1v) is 8.26. The van der Waals surface area contributed by atoms with Gasteiger partial charge in [-0.15, -0.1) is 0 Å². The average Bonchev–Trinajstić information content (AvgIpc) is 3.15. The molecule has 102 valence electrons. The third kappa shape index (κ3) is 1.80. The summed E-state index contributed by atoms with van der Waals surface area (Å²) in [6.07, 6.45) is 11.1. The van der Waals surface area contributed by atoms with Gasteiger partial charge in [-0.05, 0) is 31.2 Å². The van der Waals surface area contributed by atoms with Gasteiger partial charge in [-0.25, -0.2) is 15.0 Å². The second kappa shape index (κ2) is 4.74. The lowest BCUT2D eigenvalue weighted by Crippen LogP contribution is -2.02. The Morgan fingerprint density at radius 3 is 2.80 bits per heavy atom. The number of nitrogens with zero attached hydrogens (tertiary/aromatic N) is 4. The molecular weight excluding hydrogens is 268 g/mol. The van der Waals surface area contributed by atoms with Gasteiger partial charge in [0.25, 0.3) is 0 Å². The van der Waals surface area contributed by atoms with Crippen LogP contribution in [0.1, 0.15) is 37.3 Å². The summed E-state index contributed by atoms with van der Waals surface area (Å²) >= 11 is 1.58. The van der Waals surface area contributed by atoms with E-state index >= 15 is 0 Å². The Morgan fingerprint density at radius 1 is 1.15 bits per heavy atom. The standard InChI is InChI=1S/C15H16N4S/c1-20-15-17-8-11-6-7-13-16-9-12(10-4-2-3-5-10)19(13)14(11)18-15/h6-10H,2-5H2,1H3. The van der Waals surface area contributed by atoms with E-state index in [2.05, 4.69) is 26.5 Å². The molecule has 1 fully saturated rings. The Bertz CT molecular complexity index is 774. The molecule has 20 heavy (non-hydrogen) atoms. The van der Waals surface area contributed by atoms with Crippen molar-refractivity contribution in [2.45, 2.75) is 36.8 Å². The molecule has 4 nitrogen and oxygen atoms in total. The summed E-state index contributed by atoms with van der Waals surface area (Å²) in [6.45, 7) is 0. The van der Waals surface area contributed by atoms with E-state index in [-0.39, 0.29) is 0 Å². The Morgan fingerprint density at radius 2 is 2.00 bits per heavy atom. The third-order valence-electron chi connectivity index (χ3n) is 4.17. The smallest absolute Gasteiger partial charge is 0.189 e. The number of pyridine rings is 1. The van der Waals surface area contributed by atoms with Crippen LogP contribution in [0.5, 0.6) is 0 Å². The van der Waals surface area contributed by atoms with Crippen LogP contribution in [0.2, 0.25) is 0 Å². The summed E-state index contributed by atoms with van der Waals surface area (Å²) in [5, 5.41) is 1.89. The lowest BCUT2D eigenvalue weighted by molar-refractivity contribution is 0.692. The maximum atomic E-state index is 4.70. The van der Waals surface area contributed by atoms with Crippen LogP contribution in [-0.4, -0.2) is 25.6 Å². The molecule has 0 amide bonds. The fourth-order valence-corrected chi connectivity index (χ4v) is 3.50. The highest BCUT2D eigenvalue weighted by Gasteiger charge is 2.21. The van der Waals surface area contributed by atoms with Gasteiger partial charge >= 0.3 is 0 Å². The zero-order valence-electron chi connectivity index (χ0n) is 11.4. The van der Waals surface area contributed by atoms with E-state index in [4.69, 9.17) is 4.98 Å². The summed E-state index contributed by atoms with van der Waals surface area (Å²) in [5.74, 6) is 0.628. The van der Waals surface area contributed by atoms with Crippen molar-refractivity contribution in [1.82, 2.24) is 19.4 Å². The van der Waals surface area contributed by atoms with Gasteiger partial charge in [-0.1, -0.05) is 24.6 Å². The minimum atomic E-state index is 0.628. The zero-order chi connectivity index (χ0) is 13.5. The minimum absolute atomic E-state index is 0.628. The van der Waals surface area contributed by atoms with Gasteiger partial charge in [-0.2, -0.15) is 0 Å². The lowest BCUT2D eigenvalue weighted by Gasteiger charge is -2.10. The van der Waals surface area contributed by atoms with Crippen LogP contribution in [0.15, 0.2) is 29.7 Å². The number of aromatic nitrogens is 4. The number of hydrogen-bond donors (Lipinski definition) is 0. The molecule has 0 spiro atoms. The molecule has 0 aromatic carbocycles. The summed E-state index contributed by atoms with van der Waals surface area (Å²) < 4.78 is 2.23. The minimum Gasteiger partial charge on any atom is -0.280 e. The predicted octanol–water partition coefficient (Wildman–Crippen LogP) is 3.66.